The Morgan fingerprint density at radius 1 is 1.24 bits per heavy atom. The minimum absolute atomic E-state index is 0.0136. The number of hydrogen-bond acceptors (Lipinski definition) is 5. The first-order chi connectivity index (χ1) is 13.9. The molecule has 0 N–H and O–H groups in total. The van der Waals surface area contributed by atoms with E-state index in [1.807, 2.05) is 57.2 Å². The number of benzene rings is 2. The largest absolute Gasteiger partial charge is 0.490 e. The molecular weight excluding hydrogens is 426 g/mol. The first-order valence-corrected chi connectivity index (χ1v) is 11.0. The maximum absolute atomic E-state index is 12.9. The number of thiocarbonyl (C=S) groups is 1. The Morgan fingerprint density at radius 2 is 1.97 bits per heavy atom. The van der Waals surface area contributed by atoms with E-state index in [-0.39, 0.29) is 12.0 Å². The van der Waals surface area contributed by atoms with E-state index in [4.69, 9.17) is 33.3 Å². The van der Waals surface area contributed by atoms with Gasteiger partial charge in [-0.1, -0.05) is 60.7 Å². The van der Waals surface area contributed by atoms with Crippen molar-refractivity contribution in [3.05, 3.63) is 58.0 Å². The number of amides is 1. The molecule has 0 bridgehead atoms. The Balaban J connectivity index is 1.94. The molecule has 4 nitrogen and oxygen atoms in total. The monoisotopic (exact) mass is 447 g/mol. The summed E-state index contributed by atoms with van der Waals surface area (Å²) in [6, 6.07) is 13.0. The molecule has 0 unspecified atom stereocenters. The van der Waals surface area contributed by atoms with Crippen LogP contribution in [0.5, 0.6) is 11.5 Å². The summed E-state index contributed by atoms with van der Waals surface area (Å²) in [4.78, 5) is 15.0. The summed E-state index contributed by atoms with van der Waals surface area (Å²) in [5.41, 5.74) is 1.51. The van der Waals surface area contributed by atoms with Crippen molar-refractivity contribution in [2.45, 2.75) is 33.3 Å². The van der Waals surface area contributed by atoms with E-state index in [0.29, 0.717) is 32.4 Å². The van der Waals surface area contributed by atoms with E-state index in [2.05, 4.69) is 0 Å². The molecule has 0 spiro atoms. The van der Waals surface area contributed by atoms with Crippen LogP contribution in [0.4, 0.5) is 5.69 Å². The topological polar surface area (TPSA) is 38.8 Å². The Morgan fingerprint density at radius 3 is 2.62 bits per heavy atom. The van der Waals surface area contributed by atoms with Crippen LogP contribution in [0.3, 0.4) is 0 Å². The van der Waals surface area contributed by atoms with Gasteiger partial charge in [0.1, 0.15) is 0 Å². The van der Waals surface area contributed by atoms with Gasteiger partial charge in [0.05, 0.1) is 28.3 Å². The number of thioether (sulfide) groups is 1. The second-order valence-corrected chi connectivity index (χ2v) is 8.54. The van der Waals surface area contributed by atoms with Crippen LogP contribution in [-0.4, -0.2) is 22.9 Å². The molecule has 7 heteroatoms. The summed E-state index contributed by atoms with van der Waals surface area (Å²) in [6.07, 6.45) is 2.65. The highest BCUT2D eigenvalue weighted by Crippen LogP contribution is 2.40. The van der Waals surface area contributed by atoms with Crippen LogP contribution < -0.4 is 14.4 Å². The van der Waals surface area contributed by atoms with Gasteiger partial charge in [0, 0.05) is 0 Å². The van der Waals surface area contributed by atoms with E-state index in [1.165, 1.54) is 16.7 Å². The molecule has 0 radical (unpaired) electrons. The SMILES string of the molecule is CCOc1cc(/C=C2/SC(=S)N(c3ccccc3)C2=O)cc(Cl)c1O[C@@H](C)CC. The number of carbonyl (C=O) groups is 1. The van der Waals surface area contributed by atoms with Crippen molar-refractivity contribution < 1.29 is 14.3 Å². The minimum Gasteiger partial charge on any atom is -0.490 e. The molecule has 1 fully saturated rings. The van der Waals surface area contributed by atoms with Gasteiger partial charge in [-0.15, -0.1) is 0 Å². The Hall–Kier alpha value is -2.02. The second kappa shape index (κ2) is 9.65. The van der Waals surface area contributed by atoms with Crippen molar-refractivity contribution in [2.24, 2.45) is 0 Å². The standard InChI is InChI=1S/C22H22ClNO3S2/c1-4-14(3)27-20-17(23)11-15(12-18(20)26-5-2)13-19-21(25)24(22(28)29-19)16-9-7-6-8-10-16/h6-14H,4-5H2,1-3H3/b19-13+/t14-/m0/s1. The summed E-state index contributed by atoms with van der Waals surface area (Å²) in [5, 5.41) is 0.445. The van der Waals surface area contributed by atoms with E-state index >= 15 is 0 Å². The molecule has 0 aromatic heterocycles. The average Bonchev–Trinajstić information content (AvgIpc) is 2.98. The smallest absolute Gasteiger partial charge is 0.270 e. The molecule has 0 aliphatic carbocycles. The summed E-state index contributed by atoms with van der Waals surface area (Å²) >= 11 is 13.2. The number of carbonyl (C=O) groups excluding carboxylic acids is 1. The van der Waals surface area contributed by atoms with Crippen LogP contribution in [0, 0.1) is 0 Å². The van der Waals surface area contributed by atoms with Crippen molar-refractivity contribution in [3.63, 3.8) is 0 Å². The van der Waals surface area contributed by atoms with Gasteiger partial charge in [0.2, 0.25) is 0 Å². The van der Waals surface area contributed by atoms with Gasteiger partial charge >= 0.3 is 0 Å². The summed E-state index contributed by atoms with van der Waals surface area (Å²) < 4.78 is 12.2. The van der Waals surface area contributed by atoms with Crippen molar-refractivity contribution in [3.8, 4) is 11.5 Å². The number of halogens is 1. The van der Waals surface area contributed by atoms with Crippen molar-refractivity contribution >= 4 is 57.6 Å². The van der Waals surface area contributed by atoms with Crippen molar-refractivity contribution in [2.75, 3.05) is 11.5 Å². The van der Waals surface area contributed by atoms with Crippen LogP contribution in [-0.2, 0) is 4.79 Å². The molecule has 152 valence electrons. The molecule has 1 atom stereocenters. The zero-order valence-corrected chi connectivity index (χ0v) is 18.9. The predicted molar refractivity (Wildman–Crippen MR) is 125 cm³/mol. The predicted octanol–water partition coefficient (Wildman–Crippen LogP) is 6.32. The fraction of sp³-hybridized carbons (Fsp3) is 0.273. The molecule has 2 aromatic rings. The third-order valence-electron chi connectivity index (χ3n) is 4.33. The highest BCUT2D eigenvalue weighted by atomic mass is 35.5. The Labute approximate surface area is 185 Å². The number of hydrogen-bond donors (Lipinski definition) is 0. The Bertz CT molecular complexity index is 947. The number of para-hydroxylation sites is 1. The normalized spacial score (nSPS) is 16.4. The fourth-order valence-electron chi connectivity index (χ4n) is 2.75. The maximum Gasteiger partial charge on any atom is 0.270 e. The molecule has 1 amide bonds. The lowest BCUT2D eigenvalue weighted by atomic mass is 10.1. The summed E-state index contributed by atoms with van der Waals surface area (Å²) in [6.45, 7) is 6.41. The molecule has 2 aromatic carbocycles. The number of ether oxygens (including phenoxy) is 2. The molecule has 3 rings (SSSR count). The Kier molecular flexibility index (Phi) is 7.22. The molecule has 1 heterocycles. The minimum atomic E-state index is -0.153. The number of anilines is 1. The third kappa shape index (κ3) is 4.94. The first-order valence-electron chi connectivity index (χ1n) is 9.40. The van der Waals surface area contributed by atoms with Crippen molar-refractivity contribution in [1.29, 1.82) is 0 Å². The summed E-state index contributed by atoms with van der Waals surface area (Å²) in [7, 11) is 0. The molecule has 1 saturated heterocycles. The molecule has 1 aliphatic heterocycles. The first kappa shape index (κ1) is 21.7. The van der Waals surface area contributed by atoms with E-state index in [0.717, 1.165) is 17.7 Å². The zero-order chi connectivity index (χ0) is 21.0. The van der Waals surface area contributed by atoms with Gasteiger partial charge in [-0.2, -0.15) is 0 Å². The van der Waals surface area contributed by atoms with Gasteiger partial charge in [-0.25, -0.2) is 0 Å². The highest BCUT2D eigenvalue weighted by Gasteiger charge is 2.33. The highest BCUT2D eigenvalue weighted by molar-refractivity contribution is 8.27. The van der Waals surface area contributed by atoms with Crippen LogP contribution >= 0.6 is 35.6 Å². The van der Waals surface area contributed by atoms with Gasteiger partial charge in [0.15, 0.2) is 15.8 Å². The molecular formula is C22H22ClNO3S2. The fourth-order valence-corrected chi connectivity index (χ4v) is 4.31. The second-order valence-electron chi connectivity index (χ2n) is 6.45. The quantitative estimate of drug-likeness (QED) is 0.366. The molecule has 29 heavy (non-hydrogen) atoms. The average molecular weight is 448 g/mol. The van der Waals surface area contributed by atoms with Gasteiger partial charge in [-0.05, 0) is 56.2 Å². The van der Waals surface area contributed by atoms with Gasteiger partial charge in [-0.3, -0.25) is 9.69 Å². The lowest BCUT2D eigenvalue weighted by Gasteiger charge is -2.18. The maximum atomic E-state index is 12.9. The van der Waals surface area contributed by atoms with E-state index < -0.39 is 0 Å². The van der Waals surface area contributed by atoms with Crippen LogP contribution in [0.15, 0.2) is 47.4 Å². The van der Waals surface area contributed by atoms with Crippen LogP contribution in [0.2, 0.25) is 5.02 Å². The third-order valence-corrected chi connectivity index (χ3v) is 5.91. The van der Waals surface area contributed by atoms with E-state index in [9.17, 15) is 4.79 Å². The molecule has 1 aliphatic rings. The van der Waals surface area contributed by atoms with Crippen molar-refractivity contribution in [1.82, 2.24) is 0 Å². The van der Waals surface area contributed by atoms with Crippen LogP contribution in [0.25, 0.3) is 6.08 Å². The van der Waals surface area contributed by atoms with Crippen LogP contribution in [0.1, 0.15) is 32.8 Å². The number of nitrogens with zero attached hydrogens (tertiary/aromatic N) is 1. The van der Waals surface area contributed by atoms with Gasteiger partial charge < -0.3 is 9.47 Å². The zero-order valence-electron chi connectivity index (χ0n) is 16.5. The van der Waals surface area contributed by atoms with E-state index in [1.54, 1.807) is 12.1 Å². The number of rotatable bonds is 7. The molecule has 0 saturated carbocycles. The van der Waals surface area contributed by atoms with Gasteiger partial charge in [0.25, 0.3) is 5.91 Å². The lowest BCUT2D eigenvalue weighted by molar-refractivity contribution is -0.113. The lowest BCUT2D eigenvalue weighted by Crippen LogP contribution is -2.27. The summed E-state index contributed by atoms with van der Waals surface area (Å²) in [5.74, 6) is 0.933.